The van der Waals surface area contributed by atoms with Crippen molar-refractivity contribution in [2.75, 3.05) is 12.8 Å². The zero-order valence-corrected chi connectivity index (χ0v) is 9.15. The molecule has 1 aromatic rings. The molecule has 0 atom stereocenters. The maximum Gasteiger partial charge on any atom is 0.310 e. The minimum Gasteiger partial charge on any atom is -0.469 e. The number of halogens is 1. The zero-order valence-electron chi connectivity index (χ0n) is 8.40. The predicted octanol–water partition coefficient (Wildman–Crippen LogP) is 1.55. The fourth-order valence-electron chi connectivity index (χ4n) is 1.18. The smallest absolute Gasteiger partial charge is 0.310 e. The Hall–Kier alpha value is -1.82. The van der Waals surface area contributed by atoms with Gasteiger partial charge in [0.1, 0.15) is 5.69 Å². The van der Waals surface area contributed by atoms with Gasteiger partial charge in [0.25, 0.3) is 5.69 Å². The quantitative estimate of drug-likeness (QED) is 0.377. The van der Waals surface area contributed by atoms with Gasteiger partial charge in [-0.05, 0) is 11.6 Å². The van der Waals surface area contributed by atoms with Crippen molar-refractivity contribution in [2.45, 2.75) is 6.42 Å². The first-order valence-electron chi connectivity index (χ1n) is 4.24. The first-order valence-corrected chi connectivity index (χ1v) is 4.62. The molecule has 0 aromatic heterocycles. The van der Waals surface area contributed by atoms with E-state index < -0.39 is 10.9 Å². The fraction of sp³-hybridized carbons (Fsp3) is 0.222. The SMILES string of the molecule is COC(=O)Cc1cc(Cl)cc([N+](=O)[O-])c1N. The van der Waals surface area contributed by atoms with Gasteiger partial charge in [-0.1, -0.05) is 11.6 Å². The van der Waals surface area contributed by atoms with E-state index in [2.05, 4.69) is 4.74 Å². The molecule has 0 aliphatic carbocycles. The van der Waals surface area contributed by atoms with Crippen molar-refractivity contribution >= 4 is 28.9 Å². The van der Waals surface area contributed by atoms with Crippen LogP contribution in [0.1, 0.15) is 5.56 Å². The Balaban J connectivity index is 3.19. The maximum atomic E-state index is 11.0. The van der Waals surface area contributed by atoms with Crippen molar-refractivity contribution < 1.29 is 14.5 Å². The molecule has 0 radical (unpaired) electrons. The number of nitrogens with zero attached hydrogens (tertiary/aromatic N) is 1. The maximum absolute atomic E-state index is 11.0. The highest BCUT2D eigenvalue weighted by Gasteiger charge is 2.18. The van der Waals surface area contributed by atoms with Gasteiger partial charge in [0.2, 0.25) is 0 Å². The summed E-state index contributed by atoms with van der Waals surface area (Å²) >= 11 is 5.68. The van der Waals surface area contributed by atoms with E-state index in [1.807, 2.05) is 0 Å². The molecule has 0 aliphatic rings. The number of ether oxygens (including phenoxy) is 1. The Morgan fingerprint density at radius 3 is 2.75 bits per heavy atom. The average molecular weight is 245 g/mol. The number of esters is 1. The third kappa shape index (κ3) is 2.60. The Bertz CT molecular complexity index is 447. The van der Waals surface area contributed by atoms with Crippen molar-refractivity contribution in [3.05, 3.63) is 32.8 Å². The largest absolute Gasteiger partial charge is 0.469 e. The zero-order chi connectivity index (χ0) is 12.3. The van der Waals surface area contributed by atoms with Crippen molar-refractivity contribution in [1.29, 1.82) is 0 Å². The van der Waals surface area contributed by atoms with Crippen LogP contribution in [0.2, 0.25) is 5.02 Å². The van der Waals surface area contributed by atoms with E-state index in [-0.39, 0.29) is 28.4 Å². The predicted molar refractivity (Wildman–Crippen MR) is 58.2 cm³/mol. The van der Waals surface area contributed by atoms with Crippen molar-refractivity contribution in [2.24, 2.45) is 0 Å². The number of carbonyl (C=O) groups excluding carboxylic acids is 1. The third-order valence-electron chi connectivity index (χ3n) is 1.97. The highest BCUT2D eigenvalue weighted by Crippen LogP contribution is 2.29. The number of hydrogen-bond donors (Lipinski definition) is 1. The molecule has 16 heavy (non-hydrogen) atoms. The summed E-state index contributed by atoms with van der Waals surface area (Å²) in [5.41, 5.74) is 5.45. The normalized spacial score (nSPS) is 9.88. The van der Waals surface area contributed by atoms with Gasteiger partial charge in [-0.3, -0.25) is 14.9 Å². The summed E-state index contributed by atoms with van der Waals surface area (Å²) in [6, 6.07) is 2.54. The van der Waals surface area contributed by atoms with Crippen molar-refractivity contribution in [3.63, 3.8) is 0 Å². The molecule has 1 aromatic carbocycles. The van der Waals surface area contributed by atoms with E-state index in [9.17, 15) is 14.9 Å². The number of nitro groups is 1. The lowest BCUT2D eigenvalue weighted by Gasteiger charge is -2.05. The molecule has 7 heteroatoms. The molecule has 0 heterocycles. The van der Waals surface area contributed by atoms with Crippen molar-refractivity contribution in [3.8, 4) is 0 Å². The fourth-order valence-corrected chi connectivity index (χ4v) is 1.42. The van der Waals surface area contributed by atoms with Crippen LogP contribution in [0.5, 0.6) is 0 Å². The van der Waals surface area contributed by atoms with Gasteiger partial charge in [-0.2, -0.15) is 0 Å². The summed E-state index contributed by atoms with van der Waals surface area (Å²) < 4.78 is 4.44. The Morgan fingerprint density at radius 2 is 2.25 bits per heavy atom. The first-order chi connectivity index (χ1) is 7.45. The molecule has 2 N–H and O–H groups in total. The molecular weight excluding hydrogens is 236 g/mol. The summed E-state index contributed by atoms with van der Waals surface area (Å²) in [5, 5.41) is 10.8. The molecule has 0 amide bonds. The molecule has 0 aliphatic heterocycles. The molecule has 0 saturated carbocycles. The van der Waals surface area contributed by atoms with Crippen molar-refractivity contribution in [1.82, 2.24) is 0 Å². The average Bonchev–Trinajstić information content (AvgIpc) is 2.22. The van der Waals surface area contributed by atoms with Gasteiger partial charge in [-0.15, -0.1) is 0 Å². The number of rotatable bonds is 3. The number of benzene rings is 1. The lowest BCUT2D eigenvalue weighted by molar-refractivity contribution is -0.383. The van der Waals surface area contributed by atoms with Gasteiger partial charge < -0.3 is 10.5 Å². The highest BCUT2D eigenvalue weighted by atomic mass is 35.5. The van der Waals surface area contributed by atoms with Gasteiger partial charge >= 0.3 is 5.97 Å². The molecule has 0 unspecified atom stereocenters. The molecule has 86 valence electrons. The summed E-state index contributed by atoms with van der Waals surface area (Å²) in [4.78, 5) is 21.0. The van der Waals surface area contributed by atoms with Crippen LogP contribution in [0.3, 0.4) is 0 Å². The molecule has 0 fully saturated rings. The summed E-state index contributed by atoms with van der Waals surface area (Å²) in [5.74, 6) is -0.539. The monoisotopic (exact) mass is 244 g/mol. The molecule has 0 saturated heterocycles. The van der Waals surface area contributed by atoms with Crippen LogP contribution < -0.4 is 5.73 Å². The van der Waals surface area contributed by atoms with E-state index in [0.717, 1.165) is 6.07 Å². The van der Waals surface area contributed by atoms with Gasteiger partial charge in [0.15, 0.2) is 0 Å². The van der Waals surface area contributed by atoms with Gasteiger partial charge in [0.05, 0.1) is 18.5 Å². The summed E-state index contributed by atoms with van der Waals surface area (Å²) in [6.45, 7) is 0. The van der Waals surface area contributed by atoms with E-state index in [1.165, 1.54) is 13.2 Å². The second-order valence-electron chi connectivity index (χ2n) is 3.01. The topological polar surface area (TPSA) is 95.5 Å². The molecule has 0 bridgehead atoms. The van der Waals surface area contributed by atoms with E-state index in [4.69, 9.17) is 17.3 Å². The van der Waals surface area contributed by atoms with Crippen LogP contribution in [0, 0.1) is 10.1 Å². The molecule has 1 rings (SSSR count). The van der Waals surface area contributed by atoms with E-state index in [1.54, 1.807) is 0 Å². The number of methoxy groups -OCH3 is 1. The number of nitro benzene ring substituents is 1. The number of nitrogen functional groups attached to an aromatic ring is 1. The lowest BCUT2D eigenvalue weighted by Crippen LogP contribution is -2.08. The van der Waals surface area contributed by atoms with E-state index >= 15 is 0 Å². The summed E-state index contributed by atoms with van der Waals surface area (Å²) in [7, 11) is 1.22. The van der Waals surface area contributed by atoms with Crippen LogP contribution in [0.25, 0.3) is 0 Å². The summed E-state index contributed by atoms with van der Waals surface area (Å²) in [6.07, 6.45) is -0.149. The molecule has 0 spiro atoms. The van der Waals surface area contributed by atoms with Gasteiger partial charge in [0, 0.05) is 11.1 Å². The third-order valence-corrected chi connectivity index (χ3v) is 2.19. The second-order valence-corrected chi connectivity index (χ2v) is 3.44. The minimum absolute atomic E-state index is 0.0696. The number of nitrogens with two attached hydrogens (primary N) is 1. The minimum atomic E-state index is -0.651. The Morgan fingerprint density at radius 1 is 1.62 bits per heavy atom. The molecular formula is C9H9ClN2O4. The van der Waals surface area contributed by atoms with Crippen LogP contribution in [0.15, 0.2) is 12.1 Å². The van der Waals surface area contributed by atoms with Crippen LogP contribution in [-0.4, -0.2) is 18.0 Å². The number of anilines is 1. The van der Waals surface area contributed by atoms with Crippen LogP contribution in [-0.2, 0) is 16.0 Å². The highest BCUT2D eigenvalue weighted by molar-refractivity contribution is 6.31. The second kappa shape index (κ2) is 4.80. The lowest BCUT2D eigenvalue weighted by atomic mass is 10.1. The number of carbonyl (C=O) groups is 1. The first kappa shape index (κ1) is 12.3. The van der Waals surface area contributed by atoms with Gasteiger partial charge in [-0.25, -0.2) is 0 Å². The number of hydrogen-bond acceptors (Lipinski definition) is 5. The molecule has 6 nitrogen and oxygen atoms in total. The Kier molecular flexibility index (Phi) is 3.68. The standard InChI is InChI=1S/C9H9ClN2O4/c1-16-8(13)3-5-2-6(10)4-7(9(5)11)12(14)15/h2,4H,3,11H2,1H3. The van der Waals surface area contributed by atoms with Crippen LogP contribution in [0.4, 0.5) is 11.4 Å². The van der Waals surface area contributed by atoms with E-state index in [0.29, 0.717) is 0 Å². The Labute approximate surface area is 96.1 Å². The van der Waals surface area contributed by atoms with Crippen LogP contribution >= 0.6 is 11.6 Å².